The van der Waals surface area contributed by atoms with E-state index < -0.39 is 47.0 Å². The zero-order chi connectivity index (χ0) is 25.9. The van der Waals surface area contributed by atoms with Crippen molar-refractivity contribution in [3.05, 3.63) is 64.7 Å². The van der Waals surface area contributed by atoms with Crippen LogP contribution in [0.25, 0.3) is 0 Å². The summed E-state index contributed by atoms with van der Waals surface area (Å²) in [6.07, 6.45) is -0.840. The molecule has 2 aromatic rings. The van der Waals surface area contributed by atoms with E-state index in [0.29, 0.717) is 5.69 Å². The number of hydrogen-bond donors (Lipinski definition) is 1. The maximum atomic E-state index is 13.6. The van der Waals surface area contributed by atoms with E-state index in [1.165, 1.54) is 0 Å². The Hall–Kier alpha value is -3.03. The highest BCUT2D eigenvalue weighted by Gasteiger charge is 2.55. The summed E-state index contributed by atoms with van der Waals surface area (Å²) in [7, 11) is 0. The molecule has 1 aliphatic rings. The molecule has 1 heterocycles. The second kappa shape index (κ2) is 10.7. The molecule has 0 saturated carbocycles. The van der Waals surface area contributed by atoms with Crippen molar-refractivity contribution in [3.63, 3.8) is 0 Å². The largest absolute Gasteiger partial charge is 0.368 e. The summed E-state index contributed by atoms with van der Waals surface area (Å²) in [6, 6.07) is 12.7. The van der Waals surface area contributed by atoms with E-state index in [9.17, 15) is 19.2 Å². The molecule has 0 bridgehead atoms. The normalized spacial score (nSPS) is 19.1. The first kappa shape index (κ1) is 26.6. The van der Waals surface area contributed by atoms with E-state index in [0.717, 1.165) is 16.0 Å². The van der Waals surface area contributed by atoms with Crippen LogP contribution in [0.2, 0.25) is 5.02 Å². The standard InChI is InChI=1S/C27H31ClN2O5/c1-6-35-22-18(15-17-10-8-7-9-11-17)25(33)30(26(22)34)21(23(31)27(3,4)5)24(32)29-20-14-16(2)12-13-19(20)28/h7-14,18,21-22H,6,15H2,1-5H3,(H,29,32). The molecular formula is C27H31ClN2O5. The van der Waals surface area contributed by atoms with Gasteiger partial charge in [-0.15, -0.1) is 0 Å². The number of halogens is 1. The SMILES string of the molecule is CCOC1C(=O)N(C(C(=O)Nc2cc(C)ccc2Cl)C(=O)C(C)(C)C)C(=O)C1Cc1ccccc1. The number of rotatable bonds is 8. The molecule has 1 saturated heterocycles. The van der Waals surface area contributed by atoms with Crippen LogP contribution in [0.1, 0.15) is 38.8 Å². The van der Waals surface area contributed by atoms with Crippen LogP contribution < -0.4 is 5.32 Å². The number of anilines is 1. The molecule has 1 aliphatic heterocycles. The zero-order valence-electron chi connectivity index (χ0n) is 20.6. The van der Waals surface area contributed by atoms with E-state index in [-0.39, 0.29) is 18.1 Å². The number of ketones is 1. The van der Waals surface area contributed by atoms with Crippen LogP contribution in [0, 0.1) is 18.3 Å². The summed E-state index contributed by atoms with van der Waals surface area (Å²) in [5, 5.41) is 2.93. The van der Waals surface area contributed by atoms with Gasteiger partial charge >= 0.3 is 0 Å². The predicted molar refractivity (Wildman–Crippen MR) is 134 cm³/mol. The van der Waals surface area contributed by atoms with E-state index in [4.69, 9.17) is 16.3 Å². The van der Waals surface area contributed by atoms with Gasteiger partial charge in [0.05, 0.1) is 16.6 Å². The first-order valence-corrected chi connectivity index (χ1v) is 12.0. The predicted octanol–water partition coefficient (Wildman–Crippen LogP) is 4.20. The van der Waals surface area contributed by atoms with Gasteiger partial charge in [-0.25, -0.2) is 0 Å². The van der Waals surface area contributed by atoms with Crippen molar-refractivity contribution in [1.29, 1.82) is 0 Å². The number of ether oxygens (including phenoxy) is 1. The second-order valence-electron chi connectivity index (χ2n) is 9.71. The number of imide groups is 1. The average Bonchev–Trinajstić information content (AvgIpc) is 3.01. The number of likely N-dealkylation sites (tertiary alicyclic amines) is 1. The summed E-state index contributed by atoms with van der Waals surface area (Å²) in [4.78, 5) is 54.9. The Balaban J connectivity index is 2.01. The molecule has 0 spiro atoms. The molecule has 3 unspecified atom stereocenters. The maximum absolute atomic E-state index is 13.6. The lowest BCUT2D eigenvalue weighted by molar-refractivity contribution is -0.154. The molecular weight excluding hydrogens is 468 g/mol. The lowest BCUT2D eigenvalue weighted by atomic mass is 9.85. The number of amides is 3. The Morgan fingerprint density at radius 2 is 1.74 bits per heavy atom. The minimum Gasteiger partial charge on any atom is -0.368 e. The molecule has 1 fully saturated rings. The van der Waals surface area contributed by atoms with Crippen LogP contribution >= 0.6 is 11.6 Å². The molecule has 2 aromatic carbocycles. The Bertz CT molecular complexity index is 1130. The quantitative estimate of drug-likeness (QED) is 0.435. The minimum absolute atomic E-state index is 0.200. The van der Waals surface area contributed by atoms with Crippen molar-refractivity contribution in [1.82, 2.24) is 4.90 Å². The van der Waals surface area contributed by atoms with Gasteiger partial charge in [0.2, 0.25) is 5.91 Å². The van der Waals surface area contributed by atoms with Crippen molar-refractivity contribution >= 4 is 40.8 Å². The second-order valence-corrected chi connectivity index (χ2v) is 10.1. The Kier molecular flexibility index (Phi) is 8.13. The van der Waals surface area contributed by atoms with Crippen molar-refractivity contribution in [2.45, 2.75) is 53.2 Å². The van der Waals surface area contributed by atoms with Gasteiger partial charge in [-0.05, 0) is 43.5 Å². The number of carbonyl (C=O) groups is 4. The molecule has 0 aliphatic carbocycles. The number of aryl methyl sites for hydroxylation is 1. The van der Waals surface area contributed by atoms with E-state index in [1.807, 2.05) is 37.3 Å². The molecule has 1 N–H and O–H groups in total. The number of nitrogens with one attached hydrogen (secondary N) is 1. The molecule has 186 valence electrons. The van der Waals surface area contributed by atoms with Crippen LogP contribution in [0.4, 0.5) is 5.69 Å². The first-order chi connectivity index (χ1) is 16.5. The minimum atomic E-state index is -1.66. The molecule has 3 amide bonds. The molecule has 35 heavy (non-hydrogen) atoms. The average molecular weight is 499 g/mol. The highest BCUT2D eigenvalue weighted by atomic mass is 35.5. The van der Waals surface area contributed by atoms with Gasteiger partial charge in [-0.1, -0.05) is 68.8 Å². The summed E-state index contributed by atoms with van der Waals surface area (Å²) in [5.41, 5.74) is 0.984. The topological polar surface area (TPSA) is 92.8 Å². The van der Waals surface area contributed by atoms with Crippen molar-refractivity contribution in [2.24, 2.45) is 11.3 Å². The third kappa shape index (κ3) is 5.80. The maximum Gasteiger partial charge on any atom is 0.260 e. The Morgan fingerprint density at radius 1 is 1.09 bits per heavy atom. The number of Topliss-reactive ketones (excluding diaryl/α,β-unsaturated/α-hetero) is 1. The lowest BCUT2D eigenvalue weighted by Crippen LogP contribution is -2.55. The van der Waals surface area contributed by atoms with E-state index >= 15 is 0 Å². The first-order valence-electron chi connectivity index (χ1n) is 11.6. The molecule has 0 radical (unpaired) electrons. The van der Waals surface area contributed by atoms with Crippen molar-refractivity contribution in [3.8, 4) is 0 Å². The summed E-state index contributed by atoms with van der Waals surface area (Å²) in [6.45, 7) is 8.68. The summed E-state index contributed by atoms with van der Waals surface area (Å²) in [5.74, 6) is -3.50. The third-order valence-electron chi connectivity index (χ3n) is 5.92. The molecule has 3 rings (SSSR count). The van der Waals surface area contributed by atoms with Crippen molar-refractivity contribution in [2.75, 3.05) is 11.9 Å². The highest BCUT2D eigenvalue weighted by Crippen LogP contribution is 2.32. The number of carbonyl (C=O) groups excluding carboxylic acids is 4. The smallest absolute Gasteiger partial charge is 0.260 e. The van der Waals surface area contributed by atoms with Gasteiger partial charge in [0, 0.05) is 12.0 Å². The Morgan fingerprint density at radius 3 is 2.34 bits per heavy atom. The van der Waals surface area contributed by atoms with Crippen LogP contribution in [0.5, 0.6) is 0 Å². The van der Waals surface area contributed by atoms with Crippen LogP contribution in [-0.2, 0) is 30.3 Å². The number of nitrogens with zero attached hydrogens (tertiary/aromatic N) is 1. The zero-order valence-corrected chi connectivity index (χ0v) is 21.4. The third-order valence-corrected chi connectivity index (χ3v) is 6.25. The molecule has 3 atom stereocenters. The fourth-order valence-electron chi connectivity index (χ4n) is 4.11. The fraction of sp³-hybridized carbons (Fsp3) is 0.407. The molecule has 8 heteroatoms. The monoisotopic (exact) mass is 498 g/mol. The fourth-order valence-corrected chi connectivity index (χ4v) is 4.27. The van der Waals surface area contributed by atoms with Crippen molar-refractivity contribution < 1.29 is 23.9 Å². The van der Waals surface area contributed by atoms with Gasteiger partial charge in [0.25, 0.3) is 11.8 Å². The van der Waals surface area contributed by atoms with Gasteiger partial charge in [-0.2, -0.15) is 0 Å². The van der Waals surface area contributed by atoms with E-state index in [2.05, 4.69) is 5.32 Å². The van der Waals surface area contributed by atoms with Crippen LogP contribution in [0.15, 0.2) is 48.5 Å². The highest BCUT2D eigenvalue weighted by molar-refractivity contribution is 6.34. The van der Waals surface area contributed by atoms with E-state index in [1.54, 1.807) is 45.9 Å². The Labute approximate surface area is 210 Å². The molecule has 7 nitrogen and oxygen atoms in total. The van der Waals surface area contributed by atoms with Crippen LogP contribution in [0.3, 0.4) is 0 Å². The molecule has 0 aromatic heterocycles. The van der Waals surface area contributed by atoms with Crippen LogP contribution in [-0.4, -0.2) is 47.2 Å². The number of hydrogen-bond acceptors (Lipinski definition) is 5. The van der Waals surface area contributed by atoms with Gasteiger partial charge in [-0.3, -0.25) is 24.1 Å². The lowest BCUT2D eigenvalue weighted by Gasteiger charge is -2.30. The van der Waals surface area contributed by atoms with Gasteiger partial charge < -0.3 is 10.1 Å². The van der Waals surface area contributed by atoms with Gasteiger partial charge in [0.15, 0.2) is 11.8 Å². The van der Waals surface area contributed by atoms with Gasteiger partial charge in [0.1, 0.15) is 6.10 Å². The summed E-state index contributed by atoms with van der Waals surface area (Å²) < 4.78 is 5.67. The summed E-state index contributed by atoms with van der Waals surface area (Å²) >= 11 is 6.24. The number of benzene rings is 2.